The van der Waals surface area contributed by atoms with Crippen molar-refractivity contribution in [1.29, 1.82) is 0 Å². The number of Topliss-reactive ketones (excluding diaryl/α,β-unsaturated/α-hetero) is 1. The zero-order chi connectivity index (χ0) is 15.7. The molecule has 116 valence electrons. The molecule has 0 amide bonds. The Morgan fingerprint density at radius 2 is 2.00 bits per heavy atom. The summed E-state index contributed by atoms with van der Waals surface area (Å²) in [5, 5.41) is 0. The van der Waals surface area contributed by atoms with Crippen LogP contribution >= 0.6 is 11.8 Å². The lowest BCUT2D eigenvalue weighted by atomic mass is 9.70. The minimum Gasteiger partial charge on any atom is -0.482 e. The first-order valence-electron chi connectivity index (χ1n) is 7.99. The van der Waals surface area contributed by atoms with E-state index in [1.807, 2.05) is 11.8 Å². The third-order valence-electron chi connectivity index (χ3n) is 5.28. The molecule has 3 heteroatoms. The third kappa shape index (κ3) is 1.91. The van der Waals surface area contributed by atoms with Gasteiger partial charge in [-0.25, -0.2) is 0 Å². The quantitative estimate of drug-likeness (QED) is 0.699. The fourth-order valence-electron chi connectivity index (χ4n) is 4.23. The first-order chi connectivity index (χ1) is 10.3. The van der Waals surface area contributed by atoms with Crippen LogP contribution < -0.4 is 4.74 Å². The molecular weight excluding hydrogens is 292 g/mol. The first-order valence-corrected chi connectivity index (χ1v) is 8.98. The zero-order valence-corrected chi connectivity index (χ0v) is 14.5. The van der Waals surface area contributed by atoms with E-state index < -0.39 is 5.60 Å². The van der Waals surface area contributed by atoms with Gasteiger partial charge in [0.25, 0.3) is 0 Å². The van der Waals surface area contributed by atoms with E-state index in [1.165, 1.54) is 16.0 Å². The molecule has 0 saturated heterocycles. The van der Waals surface area contributed by atoms with E-state index in [9.17, 15) is 4.79 Å². The molecule has 22 heavy (non-hydrogen) atoms. The summed E-state index contributed by atoms with van der Waals surface area (Å²) in [6.07, 6.45) is 1.63. The number of carbonyl (C=O) groups is 1. The van der Waals surface area contributed by atoms with Crippen molar-refractivity contribution in [3.63, 3.8) is 0 Å². The van der Waals surface area contributed by atoms with Crippen molar-refractivity contribution < 1.29 is 9.53 Å². The maximum absolute atomic E-state index is 12.9. The average Bonchev–Trinajstić information content (AvgIpc) is 2.67. The van der Waals surface area contributed by atoms with Gasteiger partial charge in [0.2, 0.25) is 0 Å². The average molecular weight is 314 g/mol. The summed E-state index contributed by atoms with van der Waals surface area (Å²) < 4.78 is 6.37. The predicted molar refractivity (Wildman–Crippen MR) is 90.5 cm³/mol. The van der Waals surface area contributed by atoms with Crippen molar-refractivity contribution in [3.8, 4) is 5.75 Å². The minimum absolute atomic E-state index is 0.0775. The van der Waals surface area contributed by atoms with Crippen molar-refractivity contribution in [2.24, 2.45) is 5.41 Å². The van der Waals surface area contributed by atoms with E-state index in [2.05, 4.69) is 45.9 Å². The summed E-state index contributed by atoms with van der Waals surface area (Å²) in [6.45, 7) is 8.62. The van der Waals surface area contributed by atoms with E-state index in [0.29, 0.717) is 6.42 Å². The number of thioether (sulfide) groups is 1. The molecule has 1 aromatic rings. The molecule has 3 aliphatic rings. The number of rotatable bonds is 0. The highest BCUT2D eigenvalue weighted by Crippen LogP contribution is 2.58. The number of aryl methyl sites for hydroxylation is 1. The number of ether oxygens (including phenoxy) is 1. The monoisotopic (exact) mass is 314 g/mol. The first kappa shape index (κ1) is 14.4. The summed E-state index contributed by atoms with van der Waals surface area (Å²) in [6, 6.07) is 6.39. The molecule has 0 N–H and O–H groups in total. The summed E-state index contributed by atoms with van der Waals surface area (Å²) in [5.74, 6) is 2.55. The second kappa shape index (κ2) is 4.41. The van der Waals surface area contributed by atoms with Crippen LogP contribution in [0.2, 0.25) is 0 Å². The summed E-state index contributed by atoms with van der Waals surface area (Å²) in [7, 11) is 0. The highest BCUT2D eigenvalue weighted by Gasteiger charge is 2.54. The Hall–Kier alpha value is -1.22. The van der Waals surface area contributed by atoms with Crippen LogP contribution in [0.1, 0.15) is 50.7 Å². The van der Waals surface area contributed by atoms with Crippen LogP contribution in [0.25, 0.3) is 0 Å². The summed E-state index contributed by atoms with van der Waals surface area (Å²) in [4.78, 5) is 14.1. The van der Waals surface area contributed by atoms with E-state index in [0.717, 1.165) is 23.5 Å². The second-order valence-corrected chi connectivity index (χ2v) is 8.97. The smallest absolute Gasteiger partial charge is 0.164 e. The van der Waals surface area contributed by atoms with Gasteiger partial charge in [0.1, 0.15) is 11.4 Å². The number of hydrogen-bond acceptors (Lipinski definition) is 3. The Balaban J connectivity index is 1.84. The Labute approximate surface area is 136 Å². The Morgan fingerprint density at radius 3 is 2.77 bits per heavy atom. The molecule has 2 heterocycles. The Morgan fingerprint density at radius 1 is 1.23 bits per heavy atom. The van der Waals surface area contributed by atoms with Crippen LogP contribution in [0.3, 0.4) is 0 Å². The molecule has 0 fully saturated rings. The molecule has 0 unspecified atom stereocenters. The van der Waals surface area contributed by atoms with Crippen molar-refractivity contribution in [2.45, 2.75) is 52.1 Å². The minimum atomic E-state index is -0.468. The van der Waals surface area contributed by atoms with Crippen LogP contribution in [0.15, 0.2) is 28.7 Å². The van der Waals surface area contributed by atoms with Gasteiger partial charge in [0.05, 0.1) is 0 Å². The highest BCUT2D eigenvalue weighted by molar-refractivity contribution is 8.03. The lowest BCUT2D eigenvalue weighted by Gasteiger charge is -2.43. The maximum atomic E-state index is 12.9. The SMILES string of the molecule is Cc1ccc2c(c1)[C@H]1CSC3=C(C(=O)CC(C)(C)C3)[C@@]1(C)O2. The molecule has 2 atom stereocenters. The highest BCUT2D eigenvalue weighted by atomic mass is 32.2. The molecule has 2 nitrogen and oxygen atoms in total. The predicted octanol–water partition coefficient (Wildman–Crippen LogP) is 4.62. The van der Waals surface area contributed by atoms with Gasteiger partial charge in [-0.1, -0.05) is 31.5 Å². The van der Waals surface area contributed by atoms with E-state index >= 15 is 0 Å². The third-order valence-corrected chi connectivity index (χ3v) is 6.48. The molecule has 0 radical (unpaired) electrons. The van der Waals surface area contributed by atoms with Gasteiger partial charge >= 0.3 is 0 Å². The van der Waals surface area contributed by atoms with Gasteiger partial charge in [-0.2, -0.15) is 0 Å². The fourth-order valence-corrected chi connectivity index (χ4v) is 6.05. The normalized spacial score (nSPS) is 32.2. The van der Waals surface area contributed by atoms with E-state index in [-0.39, 0.29) is 17.1 Å². The molecule has 2 aliphatic heterocycles. The van der Waals surface area contributed by atoms with Gasteiger partial charge < -0.3 is 4.74 Å². The van der Waals surface area contributed by atoms with Crippen molar-refractivity contribution in [3.05, 3.63) is 39.8 Å². The molecule has 0 aromatic heterocycles. The summed E-state index contributed by atoms with van der Waals surface area (Å²) in [5.41, 5.74) is 3.10. The van der Waals surface area contributed by atoms with Crippen molar-refractivity contribution in [2.75, 3.05) is 5.75 Å². The topological polar surface area (TPSA) is 26.3 Å². The van der Waals surface area contributed by atoms with Crippen molar-refractivity contribution in [1.82, 2.24) is 0 Å². The molecule has 0 saturated carbocycles. The standard InChI is InChI=1S/C19H22O2S/c1-11-5-6-15-12(7-11)13-10-22-16-9-18(2,3)8-14(20)17(16)19(13,4)21-15/h5-7,13H,8-10H2,1-4H3/t13-,19+/m1/s1. The molecule has 0 spiro atoms. The molecule has 1 aromatic carbocycles. The molecule has 4 rings (SSSR count). The van der Waals surface area contributed by atoms with Crippen LogP contribution in [-0.2, 0) is 4.79 Å². The molecular formula is C19H22O2S. The number of hydrogen-bond donors (Lipinski definition) is 0. The van der Waals surface area contributed by atoms with Gasteiger partial charge in [-0.05, 0) is 36.7 Å². The van der Waals surface area contributed by atoms with Crippen LogP contribution in [-0.4, -0.2) is 17.1 Å². The largest absolute Gasteiger partial charge is 0.482 e. The van der Waals surface area contributed by atoms with Gasteiger partial charge in [0, 0.05) is 29.2 Å². The number of benzene rings is 1. The number of carbonyl (C=O) groups excluding carboxylic acids is 1. The molecule has 1 aliphatic carbocycles. The van der Waals surface area contributed by atoms with Gasteiger partial charge in [-0.3, -0.25) is 4.79 Å². The van der Waals surface area contributed by atoms with Crippen LogP contribution in [0.5, 0.6) is 5.75 Å². The fraction of sp³-hybridized carbons (Fsp3) is 0.526. The Kier molecular flexibility index (Phi) is 2.88. The maximum Gasteiger partial charge on any atom is 0.164 e. The Bertz CT molecular complexity index is 716. The second-order valence-electron chi connectivity index (χ2n) is 7.85. The van der Waals surface area contributed by atoms with E-state index in [4.69, 9.17) is 4.74 Å². The lowest BCUT2D eigenvalue weighted by molar-refractivity contribution is -0.119. The zero-order valence-electron chi connectivity index (χ0n) is 13.7. The van der Waals surface area contributed by atoms with E-state index in [1.54, 1.807) is 0 Å². The number of allylic oxidation sites excluding steroid dienone is 1. The van der Waals surface area contributed by atoms with Gasteiger partial charge in [0.15, 0.2) is 5.78 Å². The van der Waals surface area contributed by atoms with Crippen molar-refractivity contribution >= 4 is 17.5 Å². The number of fused-ring (bicyclic) bond motifs is 4. The molecule has 0 bridgehead atoms. The summed E-state index contributed by atoms with van der Waals surface area (Å²) >= 11 is 1.88. The van der Waals surface area contributed by atoms with Gasteiger partial charge in [-0.15, -0.1) is 11.8 Å². The van der Waals surface area contributed by atoms with Crippen LogP contribution in [0.4, 0.5) is 0 Å². The lowest BCUT2D eigenvalue weighted by Crippen LogP contribution is -2.46. The van der Waals surface area contributed by atoms with Crippen LogP contribution in [0, 0.1) is 12.3 Å². The number of ketones is 1.